The summed E-state index contributed by atoms with van der Waals surface area (Å²) in [7, 11) is 0. The van der Waals surface area contributed by atoms with Crippen molar-refractivity contribution in [2.75, 3.05) is 6.54 Å². The average molecular weight is 255 g/mol. The summed E-state index contributed by atoms with van der Waals surface area (Å²) >= 11 is 0. The van der Waals surface area contributed by atoms with Crippen LogP contribution >= 0.6 is 0 Å². The molecule has 0 unspecified atom stereocenters. The number of aromatic hydroxyl groups is 1. The van der Waals surface area contributed by atoms with Crippen molar-refractivity contribution in [2.24, 2.45) is 0 Å². The number of hydrogen-bond acceptors (Lipinski definition) is 2. The van der Waals surface area contributed by atoms with Gasteiger partial charge in [-0.1, -0.05) is 24.3 Å². The Labute approximate surface area is 112 Å². The lowest BCUT2D eigenvalue weighted by Gasteiger charge is -2.29. The molecule has 0 fully saturated rings. The number of carbonyl (C=O) groups excluding carboxylic acids is 1. The van der Waals surface area contributed by atoms with Gasteiger partial charge in [0, 0.05) is 18.7 Å². The Kier molecular flexibility index (Phi) is 3.11. The van der Waals surface area contributed by atoms with Crippen molar-refractivity contribution < 1.29 is 9.90 Å². The number of allylic oxidation sites excluding steroid dienone is 2. The van der Waals surface area contributed by atoms with Crippen LogP contribution in [0.15, 0.2) is 42.0 Å². The van der Waals surface area contributed by atoms with E-state index in [9.17, 15) is 9.90 Å². The first-order valence-corrected chi connectivity index (χ1v) is 6.71. The van der Waals surface area contributed by atoms with Crippen molar-refractivity contribution >= 4 is 5.91 Å². The average Bonchev–Trinajstić information content (AvgIpc) is 2.46. The number of phenols is 1. The second-order valence-electron chi connectivity index (χ2n) is 5.07. The number of nitrogens with zero attached hydrogens (tertiary/aromatic N) is 1. The topological polar surface area (TPSA) is 40.5 Å². The van der Waals surface area contributed by atoms with E-state index in [1.807, 2.05) is 23.1 Å². The van der Waals surface area contributed by atoms with Crippen molar-refractivity contribution in [1.82, 2.24) is 4.90 Å². The predicted octanol–water partition coefficient (Wildman–Crippen LogP) is 2.55. The molecule has 0 saturated carbocycles. The fraction of sp³-hybridized carbons (Fsp3) is 0.312. The molecule has 3 heteroatoms. The normalized spacial score (nSPS) is 17.9. The van der Waals surface area contributed by atoms with Crippen LogP contribution in [-0.4, -0.2) is 22.5 Å². The van der Waals surface area contributed by atoms with Crippen LogP contribution in [0.2, 0.25) is 0 Å². The van der Waals surface area contributed by atoms with Gasteiger partial charge in [-0.2, -0.15) is 0 Å². The van der Waals surface area contributed by atoms with E-state index in [0.717, 1.165) is 36.9 Å². The van der Waals surface area contributed by atoms with Gasteiger partial charge in [-0.25, -0.2) is 0 Å². The molecule has 1 amide bonds. The van der Waals surface area contributed by atoms with Gasteiger partial charge in [0.25, 0.3) is 5.91 Å². The van der Waals surface area contributed by atoms with Crippen molar-refractivity contribution in [3.05, 3.63) is 53.1 Å². The first-order valence-electron chi connectivity index (χ1n) is 6.71. The maximum absolute atomic E-state index is 12.4. The van der Waals surface area contributed by atoms with Gasteiger partial charge >= 0.3 is 0 Å². The molecule has 0 spiro atoms. The molecule has 0 aromatic heterocycles. The maximum Gasteiger partial charge on any atom is 0.253 e. The summed E-state index contributed by atoms with van der Waals surface area (Å²) < 4.78 is 0. The van der Waals surface area contributed by atoms with Gasteiger partial charge in [0.05, 0.1) is 0 Å². The molecule has 0 saturated heterocycles. The molecule has 1 heterocycles. The van der Waals surface area contributed by atoms with E-state index in [2.05, 4.69) is 6.08 Å². The molecule has 3 nitrogen and oxygen atoms in total. The second kappa shape index (κ2) is 4.92. The number of benzene rings is 1. The number of hydrogen-bond donors (Lipinski definition) is 1. The van der Waals surface area contributed by atoms with Gasteiger partial charge < -0.3 is 10.0 Å². The summed E-state index contributed by atoms with van der Waals surface area (Å²) in [6.45, 7) is 1.34. The van der Waals surface area contributed by atoms with Crippen molar-refractivity contribution in [3.8, 4) is 5.75 Å². The van der Waals surface area contributed by atoms with Gasteiger partial charge in [0.2, 0.25) is 0 Å². The highest BCUT2D eigenvalue weighted by molar-refractivity contribution is 5.96. The third-order valence-corrected chi connectivity index (χ3v) is 3.73. The lowest BCUT2D eigenvalue weighted by atomic mass is 9.98. The second-order valence-corrected chi connectivity index (χ2v) is 5.07. The zero-order valence-electron chi connectivity index (χ0n) is 10.8. The number of rotatable bonds is 1. The van der Waals surface area contributed by atoms with Crippen molar-refractivity contribution in [1.29, 1.82) is 0 Å². The Hall–Kier alpha value is -2.03. The van der Waals surface area contributed by atoms with Crippen LogP contribution in [0.3, 0.4) is 0 Å². The number of carbonyl (C=O) groups is 1. The minimum Gasteiger partial charge on any atom is -0.508 e. The van der Waals surface area contributed by atoms with E-state index in [0.29, 0.717) is 6.54 Å². The molecule has 19 heavy (non-hydrogen) atoms. The maximum atomic E-state index is 12.4. The summed E-state index contributed by atoms with van der Waals surface area (Å²) in [6.07, 6.45) is 8.82. The Balaban J connectivity index is 1.80. The van der Waals surface area contributed by atoms with E-state index < -0.39 is 0 Å². The third kappa shape index (κ3) is 2.41. The van der Waals surface area contributed by atoms with Crippen molar-refractivity contribution in [2.45, 2.75) is 25.8 Å². The quantitative estimate of drug-likeness (QED) is 0.837. The molecule has 1 N–H and O–H groups in total. The molecule has 0 radical (unpaired) electrons. The van der Waals surface area contributed by atoms with Crippen LogP contribution in [0.5, 0.6) is 5.75 Å². The largest absolute Gasteiger partial charge is 0.508 e. The first kappa shape index (κ1) is 12.0. The Bertz CT molecular complexity index is 572. The number of amides is 1. The molecule has 2 aliphatic rings. The molecule has 98 valence electrons. The number of fused-ring (bicyclic) bond motifs is 1. The smallest absolute Gasteiger partial charge is 0.253 e. The molecule has 0 bridgehead atoms. The predicted molar refractivity (Wildman–Crippen MR) is 73.7 cm³/mol. The highest BCUT2D eigenvalue weighted by Crippen LogP contribution is 2.24. The molecule has 3 rings (SSSR count). The summed E-state index contributed by atoms with van der Waals surface area (Å²) in [6, 6.07) is 5.43. The summed E-state index contributed by atoms with van der Waals surface area (Å²) in [5, 5.41) is 9.54. The number of phenolic OH excluding ortho intramolecular Hbond substituents is 1. The van der Waals surface area contributed by atoms with E-state index in [1.54, 1.807) is 12.1 Å². The zero-order valence-corrected chi connectivity index (χ0v) is 10.8. The van der Waals surface area contributed by atoms with E-state index in [1.165, 1.54) is 5.56 Å². The standard InChI is InChI=1S/C16H17NO2/c18-15-7-6-12-8-9-17(11-14(12)10-15)16(19)13-4-2-1-3-5-13/h2,4-7,10,18H,1,3,8-9,11H2. The van der Waals surface area contributed by atoms with Gasteiger partial charge in [0.15, 0.2) is 0 Å². The Morgan fingerprint density at radius 1 is 1.21 bits per heavy atom. The van der Waals surface area contributed by atoms with Gasteiger partial charge in [0.1, 0.15) is 5.75 Å². The summed E-state index contributed by atoms with van der Waals surface area (Å²) in [4.78, 5) is 14.3. The van der Waals surface area contributed by atoms with Crippen LogP contribution in [0, 0.1) is 0 Å². The molecular formula is C16H17NO2. The fourth-order valence-electron chi connectivity index (χ4n) is 2.67. The SMILES string of the molecule is O=C(C1=CCCC=C1)N1CCc2ccc(O)cc2C1. The summed E-state index contributed by atoms with van der Waals surface area (Å²) in [5.41, 5.74) is 3.09. The third-order valence-electron chi connectivity index (χ3n) is 3.73. The van der Waals surface area contributed by atoms with Gasteiger partial charge in [-0.3, -0.25) is 4.79 Å². The highest BCUT2D eigenvalue weighted by Gasteiger charge is 2.22. The molecule has 1 aromatic rings. The van der Waals surface area contributed by atoms with Crippen molar-refractivity contribution in [3.63, 3.8) is 0 Å². The Morgan fingerprint density at radius 2 is 2.11 bits per heavy atom. The minimum absolute atomic E-state index is 0.102. The summed E-state index contributed by atoms with van der Waals surface area (Å²) in [5.74, 6) is 0.370. The van der Waals surface area contributed by atoms with Crippen LogP contribution in [-0.2, 0) is 17.8 Å². The minimum atomic E-state index is 0.102. The van der Waals surface area contributed by atoms with Crippen LogP contribution in [0.4, 0.5) is 0 Å². The van der Waals surface area contributed by atoms with E-state index >= 15 is 0 Å². The van der Waals surface area contributed by atoms with E-state index in [4.69, 9.17) is 0 Å². The molecule has 1 aliphatic carbocycles. The van der Waals surface area contributed by atoms with Gasteiger partial charge in [-0.15, -0.1) is 0 Å². The molecule has 1 aromatic carbocycles. The highest BCUT2D eigenvalue weighted by atomic mass is 16.3. The lowest BCUT2D eigenvalue weighted by Crippen LogP contribution is -2.36. The molecular weight excluding hydrogens is 238 g/mol. The van der Waals surface area contributed by atoms with Crippen LogP contribution in [0.25, 0.3) is 0 Å². The lowest BCUT2D eigenvalue weighted by molar-refractivity contribution is -0.127. The fourth-order valence-corrected chi connectivity index (χ4v) is 2.67. The zero-order chi connectivity index (χ0) is 13.2. The monoisotopic (exact) mass is 255 g/mol. The van der Waals surface area contributed by atoms with Gasteiger partial charge in [-0.05, 0) is 42.5 Å². The molecule has 1 aliphatic heterocycles. The molecule has 0 atom stereocenters. The first-order chi connectivity index (χ1) is 9.24. The van der Waals surface area contributed by atoms with Crippen LogP contribution < -0.4 is 0 Å². The van der Waals surface area contributed by atoms with Crippen LogP contribution in [0.1, 0.15) is 24.0 Å². The Morgan fingerprint density at radius 3 is 2.89 bits per heavy atom. The van der Waals surface area contributed by atoms with E-state index in [-0.39, 0.29) is 11.7 Å².